The normalized spacial score (nSPS) is 15.0. The summed E-state index contributed by atoms with van der Waals surface area (Å²) in [6.45, 7) is 0.776. The van der Waals surface area contributed by atoms with E-state index in [0.717, 1.165) is 18.3 Å². The number of carbonyl (C=O) groups excluding carboxylic acids is 4. The minimum Gasteiger partial charge on any atom is -0.382 e. The number of nitrogens with zero attached hydrogens (tertiary/aromatic N) is 1. The molecule has 2 aromatic rings. The highest BCUT2D eigenvalue weighted by molar-refractivity contribution is 7.86. The van der Waals surface area contributed by atoms with Crippen molar-refractivity contribution >= 4 is 45.0 Å². The molecule has 0 saturated carbocycles. The Balaban J connectivity index is 2.25. The van der Waals surface area contributed by atoms with Crippen molar-refractivity contribution < 1.29 is 55.1 Å². The molecule has 1 heterocycles. The number of aryl methyl sites for hydroxylation is 1. The van der Waals surface area contributed by atoms with Crippen molar-refractivity contribution in [2.75, 3.05) is 39.8 Å². The monoisotopic (exact) mass is 678 g/mol. The van der Waals surface area contributed by atoms with Gasteiger partial charge in [-0.25, -0.2) is 13.8 Å². The van der Waals surface area contributed by atoms with Gasteiger partial charge < -0.3 is 30.5 Å². The van der Waals surface area contributed by atoms with Crippen LogP contribution in [0.15, 0.2) is 36.5 Å². The van der Waals surface area contributed by atoms with E-state index in [9.17, 15) is 41.5 Å². The number of benzene rings is 1. The first-order valence-corrected chi connectivity index (χ1v) is 15.8. The second kappa shape index (κ2) is 17.3. The number of rotatable bonds is 19. The molecule has 0 fully saturated rings. The van der Waals surface area contributed by atoms with Crippen molar-refractivity contribution in [2.45, 2.75) is 50.4 Å². The van der Waals surface area contributed by atoms with E-state index in [1.54, 1.807) is 37.3 Å². The van der Waals surface area contributed by atoms with Gasteiger partial charge in [0.15, 0.2) is 5.78 Å². The molecule has 4 N–H and O–H groups in total. The number of aliphatic hydroxyl groups is 1. The molecule has 0 bridgehead atoms. The number of thiazole rings is 1. The topological polar surface area (TPSA) is 199 Å². The zero-order valence-electron chi connectivity index (χ0n) is 25.0. The highest BCUT2D eigenvalue weighted by Gasteiger charge is 2.40. The number of nitrogens with one attached hydrogen (secondary N) is 3. The largest absolute Gasteiger partial charge is 0.382 e. The van der Waals surface area contributed by atoms with Crippen LogP contribution in [0.1, 0.15) is 27.2 Å². The van der Waals surface area contributed by atoms with Gasteiger partial charge in [0.2, 0.25) is 11.8 Å². The van der Waals surface area contributed by atoms with E-state index in [4.69, 9.17) is 9.47 Å². The maximum atomic E-state index is 13.4. The highest BCUT2D eigenvalue weighted by Crippen LogP contribution is 2.16. The number of hydrogen-bond acceptors (Lipinski definition) is 12. The van der Waals surface area contributed by atoms with Crippen LogP contribution in [0.4, 0.5) is 8.78 Å². The number of halogens is 2. The summed E-state index contributed by atoms with van der Waals surface area (Å²) >= 11 is 1.11. The molecule has 1 aromatic heterocycles. The summed E-state index contributed by atoms with van der Waals surface area (Å²) in [7, 11) is -2.23. The number of ether oxygens (including phenoxy) is 2. The predicted octanol–water partition coefficient (Wildman–Crippen LogP) is -0.0134. The van der Waals surface area contributed by atoms with Crippen molar-refractivity contribution in [3.05, 3.63) is 52.0 Å². The second-order valence-electron chi connectivity index (χ2n) is 10.0. The first-order chi connectivity index (χ1) is 21.1. The third-order valence-corrected chi connectivity index (χ3v) is 8.11. The summed E-state index contributed by atoms with van der Waals surface area (Å²) in [5.41, 5.74) is -2.02. The number of Topliss-reactive ketones (excluding diaryl/α,β-unsaturated/α-hetero) is 1. The van der Waals surface area contributed by atoms with Crippen molar-refractivity contribution in [2.24, 2.45) is 0 Å². The molecule has 0 aliphatic heterocycles. The third kappa shape index (κ3) is 12.5. The Labute approximate surface area is 263 Å². The molecule has 14 nitrogen and oxygen atoms in total. The van der Waals surface area contributed by atoms with Gasteiger partial charge in [0, 0.05) is 14.2 Å². The fourth-order valence-electron chi connectivity index (χ4n) is 3.85. The van der Waals surface area contributed by atoms with Crippen LogP contribution < -0.4 is 16.0 Å². The Kier molecular flexibility index (Phi) is 14.5. The van der Waals surface area contributed by atoms with Crippen LogP contribution in [0.3, 0.4) is 0 Å². The molecule has 45 heavy (non-hydrogen) atoms. The van der Waals surface area contributed by atoms with Crippen LogP contribution in [0.2, 0.25) is 0 Å². The van der Waals surface area contributed by atoms with Gasteiger partial charge in [0.25, 0.3) is 22.5 Å². The number of amides is 3. The van der Waals surface area contributed by atoms with E-state index >= 15 is 0 Å². The average molecular weight is 679 g/mol. The summed E-state index contributed by atoms with van der Waals surface area (Å²) in [6, 6.07) is 4.10. The van der Waals surface area contributed by atoms with E-state index in [0.29, 0.717) is 10.6 Å². The van der Waals surface area contributed by atoms with Gasteiger partial charge in [-0.1, -0.05) is 30.3 Å². The van der Waals surface area contributed by atoms with Gasteiger partial charge in [0.05, 0.1) is 30.5 Å². The van der Waals surface area contributed by atoms with E-state index in [1.807, 2.05) is 0 Å². The number of hydrogen-bond donors (Lipinski definition) is 4. The fourth-order valence-corrected chi connectivity index (χ4v) is 5.35. The molecule has 1 aromatic carbocycles. The summed E-state index contributed by atoms with van der Waals surface area (Å²) in [4.78, 5) is 56.8. The van der Waals surface area contributed by atoms with Gasteiger partial charge in [-0.2, -0.15) is 8.42 Å². The van der Waals surface area contributed by atoms with Gasteiger partial charge in [-0.3, -0.25) is 23.4 Å². The van der Waals surface area contributed by atoms with Gasteiger partial charge in [0.1, 0.15) is 34.9 Å². The Morgan fingerprint density at radius 1 is 0.978 bits per heavy atom. The molecular formula is C27H36F2N4O10S2. The molecule has 0 aliphatic carbocycles. The molecular weight excluding hydrogens is 642 g/mol. The molecule has 0 spiro atoms. The van der Waals surface area contributed by atoms with E-state index in [-0.39, 0.29) is 24.5 Å². The summed E-state index contributed by atoms with van der Waals surface area (Å²) in [5, 5.41) is 18.8. The van der Waals surface area contributed by atoms with Crippen molar-refractivity contribution in [3.8, 4) is 0 Å². The number of alkyl halides is 2. The first-order valence-electron chi connectivity index (χ1n) is 13.4. The SMILES string of the molecule is COC[C@H](NC(=O)c1cnc(C)s1)C(=O)N[C@@H](COC)C(=O)N[C@@H](Cc1ccccc1)C(=O)[C@](C)(O)COS(=O)(=O)CC(F)F. The Morgan fingerprint density at radius 2 is 1.53 bits per heavy atom. The van der Waals surface area contributed by atoms with Crippen LogP contribution in [-0.4, -0.2) is 112 Å². The number of carbonyl (C=O) groups is 4. The van der Waals surface area contributed by atoms with Crippen molar-refractivity contribution in [1.82, 2.24) is 20.9 Å². The maximum Gasteiger partial charge on any atom is 0.273 e. The lowest BCUT2D eigenvalue weighted by Gasteiger charge is -2.29. The molecule has 250 valence electrons. The number of aromatic nitrogens is 1. The zero-order chi connectivity index (χ0) is 33.8. The highest BCUT2D eigenvalue weighted by atomic mass is 32.2. The van der Waals surface area contributed by atoms with Crippen molar-refractivity contribution in [1.29, 1.82) is 0 Å². The van der Waals surface area contributed by atoms with Gasteiger partial charge in [-0.15, -0.1) is 11.3 Å². The van der Waals surface area contributed by atoms with E-state index in [1.165, 1.54) is 20.4 Å². The third-order valence-electron chi connectivity index (χ3n) is 6.06. The summed E-state index contributed by atoms with van der Waals surface area (Å²) < 4.78 is 63.3. The lowest BCUT2D eigenvalue weighted by Crippen LogP contribution is -2.60. The molecule has 0 radical (unpaired) electrons. The Hall–Kier alpha value is -3.42. The molecule has 0 saturated heterocycles. The van der Waals surface area contributed by atoms with Gasteiger partial charge in [-0.05, 0) is 25.8 Å². The molecule has 0 aliphatic rings. The van der Waals surface area contributed by atoms with Crippen LogP contribution >= 0.6 is 11.3 Å². The lowest BCUT2D eigenvalue weighted by molar-refractivity contribution is -0.143. The zero-order valence-corrected chi connectivity index (χ0v) is 26.6. The van der Waals surface area contributed by atoms with Crippen LogP contribution in [-0.2, 0) is 44.6 Å². The van der Waals surface area contributed by atoms with Gasteiger partial charge >= 0.3 is 0 Å². The van der Waals surface area contributed by atoms with E-state index in [2.05, 4.69) is 25.1 Å². The molecule has 18 heteroatoms. The fraction of sp³-hybridized carbons (Fsp3) is 0.519. The molecule has 3 amide bonds. The van der Waals surface area contributed by atoms with Crippen LogP contribution in [0.25, 0.3) is 0 Å². The lowest BCUT2D eigenvalue weighted by atomic mass is 9.91. The maximum absolute atomic E-state index is 13.4. The summed E-state index contributed by atoms with van der Waals surface area (Å²) in [5.74, 6) is -5.09. The second-order valence-corrected chi connectivity index (χ2v) is 12.9. The molecule has 4 atom stereocenters. The smallest absolute Gasteiger partial charge is 0.273 e. The first kappa shape index (κ1) is 37.8. The van der Waals surface area contributed by atoms with Crippen molar-refractivity contribution in [3.63, 3.8) is 0 Å². The predicted molar refractivity (Wildman–Crippen MR) is 157 cm³/mol. The number of ketones is 1. The summed E-state index contributed by atoms with van der Waals surface area (Å²) in [6.07, 6.45) is -2.09. The van der Waals surface area contributed by atoms with Crippen LogP contribution in [0.5, 0.6) is 0 Å². The average Bonchev–Trinajstić information content (AvgIpc) is 3.41. The standard InChI is InChI=1S/C27H36F2N4O10S2/c1-16-30-11-21(44-16)26(37)33-20(13-42-4)25(36)32-19(12-41-3)24(35)31-18(10-17-8-6-5-7-9-17)23(34)27(2,38)15-43-45(39,40)14-22(28)29/h5-9,11,18-20,22,38H,10,12-15H2,1-4H3,(H,31,35)(H,32,36)(H,33,37)/t18-,19-,20-,27+/m0/s1. The Bertz CT molecular complexity index is 1410. The molecule has 0 unspecified atom stereocenters. The minimum absolute atomic E-state index is 0.185. The quantitative estimate of drug-likeness (QED) is 0.146. The van der Waals surface area contributed by atoms with Crippen LogP contribution in [0, 0.1) is 6.92 Å². The molecule has 2 rings (SSSR count). The minimum atomic E-state index is -4.78. The Morgan fingerprint density at radius 3 is 2.04 bits per heavy atom. The van der Waals surface area contributed by atoms with E-state index < -0.39 is 76.1 Å². The number of methoxy groups -OCH3 is 2.